The van der Waals surface area contributed by atoms with Crippen molar-refractivity contribution in [3.63, 3.8) is 0 Å². The van der Waals surface area contributed by atoms with Crippen molar-refractivity contribution in [3.8, 4) is 0 Å². The van der Waals surface area contributed by atoms with Crippen LogP contribution in [0.4, 0.5) is 5.69 Å². The standard InChI is InChI=1S/C33H31N2S/c1-4-35-27-17-10-11-18-29(27)36-31(35)20-12-19-30-33(2,23-24-13-6-5-7-14-24)32-26-16-9-8-15-25(26)21-22-28(32)34(30)3/h5-22H,4,23H2,1-3H3/q+1. The number of aromatic nitrogens is 1. The fourth-order valence-corrected chi connectivity index (χ4v) is 7.09. The number of para-hydroxylation sites is 1. The first-order chi connectivity index (χ1) is 17.6. The molecule has 1 aliphatic rings. The lowest BCUT2D eigenvalue weighted by molar-refractivity contribution is -0.665. The first-order valence-electron chi connectivity index (χ1n) is 12.7. The van der Waals surface area contributed by atoms with Crippen LogP contribution in [0.25, 0.3) is 27.1 Å². The maximum Gasteiger partial charge on any atom is 0.262 e. The molecule has 3 heteroatoms. The number of rotatable bonds is 5. The van der Waals surface area contributed by atoms with E-state index in [0.717, 1.165) is 13.0 Å². The minimum atomic E-state index is -0.141. The molecule has 0 amide bonds. The summed E-state index contributed by atoms with van der Waals surface area (Å²) in [5, 5.41) is 3.93. The van der Waals surface area contributed by atoms with Gasteiger partial charge in [0.2, 0.25) is 5.52 Å². The molecule has 0 saturated heterocycles. The number of likely N-dealkylation sites (N-methyl/N-ethyl adjacent to an activating group) is 1. The molecule has 1 aromatic heterocycles. The van der Waals surface area contributed by atoms with Gasteiger partial charge in [0.05, 0.1) is 0 Å². The fraction of sp³-hybridized carbons (Fsp3) is 0.182. The first-order valence-corrected chi connectivity index (χ1v) is 13.5. The number of fused-ring (bicyclic) bond motifs is 4. The quantitative estimate of drug-likeness (QED) is 0.228. The van der Waals surface area contributed by atoms with Crippen molar-refractivity contribution in [2.75, 3.05) is 11.9 Å². The molecule has 0 saturated carbocycles. The Kier molecular flexibility index (Phi) is 5.73. The minimum Gasteiger partial charge on any atom is -0.347 e. The fourth-order valence-electron chi connectivity index (χ4n) is 5.95. The number of hydrogen-bond donors (Lipinski definition) is 0. The summed E-state index contributed by atoms with van der Waals surface area (Å²) in [5.41, 5.74) is 6.59. The number of aryl methyl sites for hydroxylation is 1. The summed E-state index contributed by atoms with van der Waals surface area (Å²) in [6.07, 6.45) is 7.82. The lowest BCUT2D eigenvalue weighted by Gasteiger charge is -2.29. The van der Waals surface area contributed by atoms with E-state index in [0.29, 0.717) is 0 Å². The second kappa shape index (κ2) is 9.07. The third-order valence-corrected chi connectivity index (χ3v) is 8.72. The van der Waals surface area contributed by atoms with Gasteiger partial charge in [-0.05, 0) is 60.4 Å². The number of benzene rings is 4. The Bertz CT molecular complexity index is 1630. The largest absolute Gasteiger partial charge is 0.347 e. The van der Waals surface area contributed by atoms with Crippen LogP contribution in [0.5, 0.6) is 0 Å². The van der Waals surface area contributed by atoms with E-state index < -0.39 is 0 Å². The Labute approximate surface area is 217 Å². The average molecular weight is 488 g/mol. The number of allylic oxidation sites excluding steroid dienone is 3. The van der Waals surface area contributed by atoms with Crippen molar-refractivity contribution < 1.29 is 4.57 Å². The highest BCUT2D eigenvalue weighted by Gasteiger charge is 2.43. The number of anilines is 1. The lowest BCUT2D eigenvalue weighted by Crippen LogP contribution is -2.33. The predicted molar refractivity (Wildman–Crippen MR) is 155 cm³/mol. The summed E-state index contributed by atoms with van der Waals surface area (Å²) >= 11 is 1.86. The van der Waals surface area contributed by atoms with Crippen molar-refractivity contribution in [2.24, 2.45) is 0 Å². The van der Waals surface area contributed by atoms with Crippen molar-refractivity contribution in [3.05, 3.63) is 125 Å². The smallest absolute Gasteiger partial charge is 0.262 e. The maximum atomic E-state index is 2.42. The first kappa shape index (κ1) is 22.8. The van der Waals surface area contributed by atoms with Gasteiger partial charge >= 0.3 is 0 Å². The molecule has 2 heterocycles. The molecule has 2 nitrogen and oxygen atoms in total. The van der Waals surface area contributed by atoms with E-state index in [1.807, 2.05) is 11.3 Å². The summed E-state index contributed by atoms with van der Waals surface area (Å²) in [6.45, 7) is 5.60. The van der Waals surface area contributed by atoms with Gasteiger partial charge < -0.3 is 4.90 Å². The van der Waals surface area contributed by atoms with E-state index in [-0.39, 0.29) is 5.41 Å². The van der Waals surface area contributed by atoms with E-state index in [1.165, 1.54) is 48.5 Å². The molecule has 6 rings (SSSR count). The van der Waals surface area contributed by atoms with E-state index in [2.05, 4.69) is 140 Å². The second-order valence-corrected chi connectivity index (χ2v) is 10.9. The predicted octanol–water partition coefficient (Wildman–Crippen LogP) is 7.91. The monoisotopic (exact) mass is 487 g/mol. The average Bonchev–Trinajstić information content (AvgIpc) is 3.37. The van der Waals surface area contributed by atoms with E-state index in [1.54, 1.807) is 0 Å². The Morgan fingerprint density at radius 3 is 2.47 bits per heavy atom. The Hall–Kier alpha value is -3.69. The molecular formula is C33H31N2S+. The van der Waals surface area contributed by atoms with Crippen LogP contribution in [0.2, 0.25) is 0 Å². The highest BCUT2D eigenvalue weighted by atomic mass is 32.1. The number of thiazole rings is 1. The summed E-state index contributed by atoms with van der Waals surface area (Å²) in [5.74, 6) is 0. The molecule has 36 heavy (non-hydrogen) atoms. The molecule has 0 fully saturated rings. The van der Waals surface area contributed by atoms with Crippen LogP contribution in [-0.2, 0) is 18.4 Å². The highest BCUT2D eigenvalue weighted by molar-refractivity contribution is 7.18. The van der Waals surface area contributed by atoms with Crippen molar-refractivity contribution in [1.82, 2.24) is 0 Å². The SMILES string of the molecule is CC[n+]1c(C=CC=C2N(C)c3ccc4ccccc4c3C2(C)Cc2ccccc2)sc2ccccc21. The van der Waals surface area contributed by atoms with Crippen LogP contribution in [0.3, 0.4) is 0 Å². The van der Waals surface area contributed by atoms with Gasteiger partial charge in [-0.15, -0.1) is 0 Å². The molecule has 178 valence electrons. The van der Waals surface area contributed by atoms with Crippen LogP contribution in [0, 0.1) is 0 Å². The molecule has 1 aliphatic heterocycles. The van der Waals surface area contributed by atoms with Crippen LogP contribution >= 0.6 is 11.3 Å². The zero-order valence-electron chi connectivity index (χ0n) is 21.1. The number of nitrogens with zero attached hydrogens (tertiary/aromatic N) is 2. The minimum absolute atomic E-state index is 0.141. The molecular weight excluding hydrogens is 456 g/mol. The molecule has 0 aliphatic carbocycles. The summed E-state index contributed by atoms with van der Waals surface area (Å²) < 4.78 is 3.73. The van der Waals surface area contributed by atoms with Gasteiger partial charge in [0, 0.05) is 36.0 Å². The molecule has 1 unspecified atom stereocenters. The van der Waals surface area contributed by atoms with Crippen molar-refractivity contribution >= 4 is 44.1 Å². The normalized spacial score (nSPS) is 18.6. The highest BCUT2D eigenvalue weighted by Crippen LogP contribution is 2.51. The summed E-state index contributed by atoms with van der Waals surface area (Å²) in [4.78, 5) is 2.40. The summed E-state index contributed by atoms with van der Waals surface area (Å²) in [7, 11) is 2.22. The van der Waals surface area contributed by atoms with Gasteiger partial charge in [-0.1, -0.05) is 90.2 Å². The molecule has 0 N–H and O–H groups in total. The molecule has 4 aromatic carbocycles. The van der Waals surface area contributed by atoms with Gasteiger partial charge in [-0.2, -0.15) is 4.57 Å². The third-order valence-electron chi connectivity index (χ3n) is 7.59. The van der Waals surface area contributed by atoms with Crippen molar-refractivity contribution in [1.29, 1.82) is 0 Å². The Morgan fingerprint density at radius 1 is 0.889 bits per heavy atom. The Balaban J connectivity index is 1.48. The topological polar surface area (TPSA) is 7.12 Å². The number of hydrogen-bond acceptors (Lipinski definition) is 2. The molecule has 1 atom stereocenters. The van der Waals surface area contributed by atoms with Gasteiger partial charge in [-0.3, -0.25) is 0 Å². The molecule has 0 spiro atoms. The molecule has 0 bridgehead atoms. The lowest BCUT2D eigenvalue weighted by atomic mass is 9.74. The van der Waals surface area contributed by atoms with Crippen LogP contribution in [-0.4, -0.2) is 7.05 Å². The zero-order valence-corrected chi connectivity index (χ0v) is 21.9. The Morgan fingerprint density at radius 2 is 1.64 bits per heavy atom. The van der Waals surface area contributed by atoms with Gasteiger partial charge in [-0.25, -0.2) is 0 Å². The van der Waals surface area contributed by atoms with E-state index >= 15 is 0 Å². The van der Waals surface area contributed by atoms with E-state index in [9.17, 15) is 0 Å². The zero-order chi connectivity index (χ0) is 24.7. The van der Waals surface area contributed by atoms with Crippen LogP contribution < -0.4 is 9.47 Å². The maximum absolute atomic E-state index is 2.42. The van der Waals surface area contributed by atoms with Crippen LogP contribution in [0.1, 0.15) is 30.0 Å². The second-order valence-electron chi connectivity index (χ2n) is 9.80. The van der Waals surface area contributed by atoms with Gasteiger partial charge in [0.25, 0.3) is 5.01 Å². The van der Waals surface area contributed by atoms with Gasteiger partial charge in [0.1, 0.15) is 11.2 Å². The van der Waals surface area contributed by atoms with E-state index in [4.69, 9.17) is 0 Å². The summed E-state index contributed by atoms with van der Waals surface area (Å²) in [6, 6.07) is 32.9. The molecule has 0 radical (unpaired) electrons. The molecule has 5 aromatic rings. The van der Waals surface area contributed by atoms with Crippen molar-refractivity contribution in [2.45, 2.75) is 32.2 Å². The third kappa shape index (κ3) is 3.66. The van der Waals surface area contributed by atoms with Crippen LogP contribution in [0.15, 0.2) is 109 Å². The van der Waals surface area contributed by atoms with Gasteiger partial charge in [0.15, 0.2) is 0 Å².